The van der Waals surface area contributed by atoms with Crippen molar-refractivity contribution >= 4 is 16.7 Å². The van der Waals surface area contributed by atoms with Crippen LogP contribution >= 0.6 is 0 Å². The van der Waals surface area contributed by atoms with Crippen molar-refractivity contribution in [1.29, 1.82) is 0 Å². The highest BCUT2D eigenvalue weighted by atomic mass is 19.4. The molecule has 0 saturated carbocycles. The summed E-state index contributed by atoms with van der Waals surface area (Å²) in [5, 5.41) is 4.38. The van der Waals surface area contributed by atoms with Crippen LogP contribution in [0.15, 0.2) is 33.9 Å². The lowest BCUT2D eigenvalue weighted by Crippen LogP contribution is -2.36. The van der Waals surface area contributed by atoms with Crippen LogP contribution in [0.5, 0.6) is 0 Å². The number of amides is 1. The van der Waals surface area contributed by atoms with Crippen LogP contribution in [0.25, 0.3) is 10.8 Å². The summed E-state index contributed by atoms with van der Waals surface area (Å²) >= 11 is 0. The number of hydrogen-bond acceptors (Lipinski definition) is 3. The van der Waals surface area contributed by atoms with Crippen molar-refractivity contribution in [2.75, 3.05) is 6.54 Å². The quantitative estimate of drug-likeness (QED) is 0.873. The summed E-state index contributed by atoms with van der Waals surface area (Å²) in [6, 6.07) is 6.14. The van der Waals surface area contributed by atoms with Crippen LogP contribution in [-0.4, -0.2) is 28.4 Å². The number of hydrogen-bond donors (Lipinski definition) is 2. The Hall–Kier alpha value is -2.58. The molecule has 22 heavy (non-hydrogen) atoms. The van der Waals surface area contributed by atoms with Crippen LogP contribution in [0.2, 0.25) is 0 Å². The summed E-state index contributed by atoms with van der Waals surface area (Å²) in [6.45, 7) is -1.66. The number of nitrogens with zero attached hydrogens (tertiary/aromatic N) is 1. The van der Waals surface area contributed by atoms with E-state index in [2.05, 4.69) is 5.10 Å². The molecule has 0 spiro atoms. The summed E-state index contributed by atoms with van der Waals surface area (Å²) in [5.41, 5.74) is -1.02. The standard InChI is InChI=1S/C13H12F3N3O3/c14-13(15,16)7-17-10(20)5-6-19-12(22)9-4-2-1-3-8(9)11(21)18-19/h1-4H,5-7H2,(H,17,20)(H,18,21). The molecule has 1 aromatic carbocycles. The molecule has 0 radical (unpaired) electrons. The normalized spacial score (nSPS) is 11.6. The third-order valence-electron chi connectivity index (χ3n) is 2.93. The molecule has 0 atom stereocenters. The van der Waals surface area contributed by atoms with E-state index in [1.807, 2.05) is 0 Å². The Morgan fingerprint density at radius 3 is 2.45 bits per heavy atom. The molecular formula is C13H12F3N3O3. The maximum absolute atomic E-state index is 12.1. The molecular weight excluding hydrogens is 303 g/mol. The number of rotatable bonds is 4. The Balaban J connectivity index is 2.13. The van der Waals surface area contributed by atoms with Crippen molar-refractivity contribution in [3.05, 3.63) is 45.0 Å². The number of halogens is 3. The summed E-state index contributed by atoms with van der Waals surface area (Å²) in [4.78, 5) is 35.2. The van der Waals surface area contributed by atoms with Crippen LogP contribution in [0.3, 0.4) is 0 Å². The molecule has 0 fully saturated rings. The van der Waals surface area contributed by atoms with Gasteiger partial charge in [0.05, 0.1) is 17.3 Å². The topological polar surface area (TPSA) is 84.0 Å². The minimum absolute atomic E-state index is 0.182. The lowest BCUT2D eigenvalue weighted by Gasteiger charge is -2.09. The Morgan fingerprint density at radius 1 is 1.18 bits per heavy atom. The third-order valence-corrected chi connectivity index (χ3v) is 2.93. The van der Waals surface area contributed by atoms with Crippen molar-refractivity contribution in [2.24, 2.45) is 0 Å². The largest absolute Gasteiger partial charge is 0.405 e. The second-order valence-electron chi connectivity index (χ2n) is 4.59. The molecule has 0 unspecified atom stereocenters. The van der Waals surface area contributed by atoms with E-state index in [9.17, 15) is 27.6 Å². The zero-order chi connectivity index (χ0) is 16.3. The first-order chi connectivity index (χ1) is 10.3. The van der Waals surface area contributed by atoms with Crippen LogP contribution in [0.1, 0.15) is 6.42 Å². The number of aromatic nitrogens is 2. The van der Waals surface area contributed by atoms with Crippen LogP contribution < -0.4 is 16.4 Å². The zero-order valence-electron chi connectivity index (χ0n) is 11.2. The van der Waals surface area contributed by atoms with Crippen molar-refractivity contribution < 1.29 is 18.0 Å². The van der Waals surface area contributed by atoms with Gasteiger partial charge in [-0.05, 0) is 12.1 Å². The second-order valence-corrected chi connectivity index (χ2v) is 4.59. The van der Waals surface area contributed by atoms with E-state index in [4.69, 9.17) is 0 Å². The van der Waals surface area contributed by atoms with Gasteiger partial charge in [0.1, 0.15) is 6.54 Å². The molecule has 2 aromatic rings. The summed E-state index contributed by atoms with van der Waals surface area (Å²) in [7, 11) is 0. The second kappa shape index (κ2) is 6.04. The predicted octanol–water partition coefficient (Wildman–Crippen LogP) is 0.758. The first kappa shape index (κ1) is 15.8. The summed E-state index contributed by atoms with van der Waals surface area (Å²) < 4.78 is 36.8. The minimum Gasteiger partial charge on any atom is -0.347 e. The molecule has 9 heteroatoms. The van der Waals surface area contributed by atoms with E-state index in [1.54, 1.807) is 17.4 Å². The number of nitrogens with one attached hydrogen (secondary N) is 2. The molecule has 6 nitrogen and oxygen atoms in total. The molecule has 0 aliphatic heterocycles. The SMILES string of the molecule is O=C(CCn1[nH]c(=O)c2ccccc2c1=O)NCC(F)(F)F. The lowest BCUT2D eigenvalue weighted by molar-refractivity contribution is -0.138. The number of fused-ring (bicyclic) bond motifs is 1. The van der Waals surface area contributed by atoms with Gasteiger partial charge in [0.2, 0.25) is 5.91 Å². The van der Waals surface area contributed by atoms with Gasteiger partial charge in [-0.25, -0.2) is 4.68 Å². The minimum atomic E-state index is -4.50. The van der Waals surface area contributed by atoms with E-state index in [-0.39, 0.29) is 23.7 Å². The Bertz CT molecular complexity index is 808. The van der Waals surface area contributed by atoms with Crippen molar-refractivity contribution in [2.45, 2.75) is 19.1 Å². The first-order valence-electron chi connectivity index (χ1n) is 6.33. The number of aryl methyl sites for hydroxylation is 1. The molecule has 1 amide bonds. The summed E-state index contributed by atoms with van der Waals surface area (Å²) in [6.07, 6.45) is -4.85. The van der Waals surface area contributed by atoms with E-state index < -0.39 is 29.7 Å². The molecule has 1 aromatic heterocycles. The fourth-order valence-electron chi connectivity index (χ4n) is 1.90. The van der Waals surface area contributed by atoms with Gasteiger partial charge < -0.3 is 5.32 Å². The Labute approximate surface area is 121 Å². The number of carbonyl (C=O) groups excluding carboxylic acids is 1. The monoisotopic (exact) mass is 315 g/mol. The highest BCUT2D eigenvalue weighted by molar-refractivity contribution is 5.80. The van der Waals surface area contributed by atoms with Gasteiger partial charge in [0.15, 0.2) is 0 Å². The van der Waals surface area contributed by atoms with Gasteiger partial charge in [-0.3, -0.25) is 19.5 Å². The average Bonchev–Trinajstić information content (AvgIpc) is 2.47. The van der Waals surface area contributed by atoms with Gasteiger partial charge in [0.25, 0.3) is 11.1 Å². The summed E-state index contributed by atoms with van der Waals surface area (Å²) in [5.74, 6) is -0.863. The number of benzene rings is 1. The van der Waals surface area contributed by atoms with Crippen LogP contribution in [0, 0.1) is 0 Å². The maximum Gasteiger partial charge on any atom is 0.405 e. The molecule has 2 rings (SSSR count). The van der Waals surface area contributed by atoms with E-state index >= 15 is 0 Å². The van der Waals surface area contributed by atoms with Gasteiger partial charge in [-0.1, -0.05) is 12.1 Å². The lowest BCUT2D eigenvalue weighted by atomic mass is 10.2. The van der Waals surface area contributed by atoms with E-state index in [1.165, 1.54) is 12.1 Å². The van der Waals surface area contributed by atoms with E-state index in [0.717, 1.165) is 4.68 Å². The maximum atomic E-state index is 12.1. The zero-order valence-corrected chi connectivity index (χ0v) is 11.2. The highest BCUT2D eigenvalue weighted by Crippen LogP contribution is 2.12. The van der Waals surface area contributed by atoms with Crippen molar-refractivity contribution in [1.82, 2.24) is 15.1 Å². The molecule has 0 aliphatic rings. The molecule has 1 heterocycles. The number of H-pyrrole nitrogens is 1. The Kier molecular flexibility index (Phi) is 4.34. The highest BCUT2D eigenvalue weighted by Gasteiger charge is 2.27. The molecule has 0 saturated heterocycles. The molecule has 2 N–H and O–H groups in total. The Morgan fingerprint density at radius 2 is 1.82 bits per heavy atom. The van der Waals surface area contributed by atoms with Crippen LogP contribution in [0.4, 0.5) is 13.2 Å². The van der Waals surface area contributed by atoms with Gasteiger partial charge >= 0.3 is 6.18 Å². The molecule has 0 aliphatic carbocycles. The van der Waals surface area contributed by atoms with Gasteiger partial charge in [-0.2, -0.15) is 13.2 Å². The van der Waals surface area contributed by atoms with E-state index in [0.29, 0.717) is 0 Å². The van der Waals surface area contributed by atoms with Gasteiger partial charge in [0, 0.05) is 6.42 Å². The van der Waals surface area contributed by atoms with Crippen molar-refractivity contribution in [3.8, 4) is 0 Å². The smallest absolute Gasteiger partial charge is 0.347 e. The fourth-order valence-corrected chi connectivity index (χ4v) is 1.90. The number of carbonyl (C=O) groups is 1. The number of aromatic amines is 1. The average molecular weight is 315 g/mol. The number of alkyl halides is 3. The fraction of sp³-hybridized carbons (Fsp3) is 0.308. The predicted molar refractivity (Wildman–Crippen MR) is 72.5 cm³/mol. The third kappa shape index (κ3) is 3.74. The first-order valence-corrected chi connectivity index (χ1v) is 6.33. The molecule has 0 bridgehead atoms. The van der Waals surface area contributed by atoms with Crippen molar-refractivity contribution in [3.63, 3.8) is 0 Å². The van der Waals surface area contributed by atoms with Gasteiger partial charge in [-0.15, -0.1) is 0 Å². The molecule has 118 valence electrons. The van der Waals surface area contributed by atoms with Crippen LogP contribution in [-0.2, 0) is 11.3 Å².